The van der Waals surface area contributed by atoms with Gasteiger partial charge in [-0.2, -0.15) is 0 Å². The zero-order chi connectivity index (χ0) is 15.9. The van der Waals surface area contributed by atoms with Crippen LogP contribution in [0.3, 0.4) is 0 Å². The van der Waals surface area contributed by atoms with E-state index in [0.29, 0.717) is 29.6 Å². The van der Waals surface area contributed by atoms with Crippen molar-refractivity contribution in [1.29, 1.82) is 0 Å². The van der Waals surface area contributed by atoms with Crippen molar-refractivity contribution >= 4 is 0 Å². The molecule has 0 fully saturated rings. The summed E-state index contributed by atoms with van der Waals surface area (Å²) < 4.78 is 0. The molecule has 0 saturated heterocycles. The first kappa shape index (κ1) is 16.5. The highest BCUT2D eigenvalue weighted by molar-refractivity contribution is 5.41. The van der Waals surface area contributed by atoms with Crippen LogP contribution in [0.4, 0.5) is 0 Å². The molecule has 0 spiro atoms. The maximum absolute atomic E-state index is 5.02. The Bertz CT molecular complexity index is 501. The van der Waals surface area contributed by atoms with Crippen LogP contribution in [0, 0.1) is 24.7 Å². The minimum atomic E-state index is 0.566. The first-order valence-electron chi connectivity index (χ1n) is 8.75. The molecule has 2 rings (SSSR count). The van der Waals surface area contributed by atoms with Crippen LogP contribution < -0.4 is 0 Å². The summed E-state index contributed by atoms with van der Waals surface area (Å²) in [5.74, 6) is 3.97. The van der Waals surface area contributed by atoms with Gasteiger partial charge in [0.1, 0.15) is 0 Å². The second-order valence-corrected chi connectivity index (χ2v) is 8.02. The van der Waals surface area contributed by atoms with E-state index in [4.69, 9.17) is 4.98 Å². The lowest BCUT2D eigenvalue weighted by atomic mass is 9.78. The highest BCUT2D eigenvalue weighted by atomic mass is 14.7. The number of fused-ring (bicyclic) bond motifs is 1. The summed E-state index contributed by atoms with van der Waals surface area (Å²) in [6.07, 6.45) is 1.31. The minimum Gasteiger partial charge on any atom is -0.258 e. The molecule has 0 radical (unpaired) electrons. The Balaban J connectivity index is 2.71. The lowest BCUT2D eigenvalue weighted by Gasteiger charge is -2.27. The monoisotopic (exact) mass is 287 g/mol. The third kappa shape index (κ3) is 3.03. The Labute approximate surface area is 131 Å². The molecule has 0 N–H and O–H groups in total. The number of pyridine rings is 1. The number of nitrogens with zero attached hydrogens (tertiary/aromatic N) is 1. The van der Waals surface area contributed by atoms with Gasteiger partial charge < -0.3 is 0 Å². The number of aryl methyl sites for hydroxylation is 1. The van der Waals surface area contributed by atoms with Gasteiger partial charge >= 0.3 is 0 Å². The Morgan fingerprint density at radius 2 is 1.71 bits per heavy atom. The van der Waals surface area contributed by atoms with Crippen LogP contribution >= 0.6 is 0 Å². The Kier molecular flexibility index (Phi) is 4.80. The normalized spacial score (nSPS) is 29.6. The van der Waals surface area contributed by atoms with E-state index in [9.17, 15) is 0 Å². The first-order valence-corrected chi connectivity index (χ1v) is 8.75. The smallest absolute Gasteiger partial charge is 0.0475 e. The van der Waals surface area contributed by atoms with Gasteiger partial charge in [-0.1, -0.05) is 48.5 Å². The van der Waals surface area contributed by atoms with E-state index in [1.54, 1.807) is 11.1 Å². The fourth-order valence-corrected chi connectivity index (χ4v) is 4.04. The Hall–Kier alpha value is -0.850. The third-order valence-corrected chi connectivity index (χ3v) is 5.79. The molecule has 4 atom stereocenters. The minimum absolute atomic E-state index is 0.566. The molecule has 1 heteroatoms. The largest absolute Gasteiger partial charge is 0.258 e. The van der Waals surface area contributed by atoms with Crippen LogP contribution in [0.15, 0.2) is 6.07 Å². The van der Waals surface area contributed by atoms with Gasteiger partial charge in [-0.15, -0.1) is 0 Å². The summed E-state index contributed by atoms with van der Waals surface area (Å²) in [4.78, 5) is 5.02. The highest BCUT2D eigenvalue weighted by Crippen LogP contribution is 2.47. The van der Waals surface area contributed by atoms with Gasteiger partial charge in [0, 0.05) is 17.3 Å². The Morgan fingerprint density at radius 3 is 2.24 bits per heavy atom. The molecule has 0 aromatic carbocycles. The van der Waals surface area contributed by atoms with Gasteiger partial charge in [0.25, 0.3) is 0 Å². The standard InChI is InChI=1S/C20H33N/c1-11(2)17-9-13(5)15(7)16(8)20-19(17)18(12(3)4)10-14(6)21-20/h10-13,15-17H,9H2,1-8H3/t13-,15-,16-,17?/m0/s1. The number of rotatable bonds is 2. The van der Waals surface area contributed by atoms with Crippen LogP contribution in [-0.2, 0) is 0 Å². The van der Waals surface area contributed by atoms with Crippen molar-refractivity contribution < 1.29 is 0 Å². The van der Waals surface area contributed by atoms with E-state index in [-0.39, 0.29) is 0 Å². The molecule has 1 aliphatic rings. The molecule has 0 saturated carbocycles. The molecule has 1 unspecified atom stereocenters. The number of hydrogen-bond acceptors (Lipinski definition) is 1. The van der Waals surface area contributed by atoms with Gasteiger partial charge in [-0.3, -0.25) is 4.98 Å². The lowest BCUT2D eigenvalue weighted by Crippen LogP contribution is -2.15. The lowest BCUT2D eigenvalue weighted by molar-refractivity contribution is 0.297. The van der Waals surface area contributed by atoms with E-state index in [1.807, 2.05) is 0 Å². The van der Waals surface area contributed by atoms with E-state index < -0.39 is 0 Å². The van der Waals surface area contributed by atoms with Crippen molar-refractivity contribution in [1.82, 2.24) is 4.98 Å². The first-order chi connectivity index (χ1) is 9.73. The van der Waals surface area contributed by atoms with Gasteiger partial charge in [-0.05, 0) is 60.1 Å². The van der Waals surface area contributed by atoms with Crippen LogP contribution in [0.2, 0.25) is 0 Å². The van der Waals surface area contributed by atoms with Gasteiger partial charge in [0.05, 0.1) is 0 Å². The maximum Gasteiger partial charge on any atom is 0.0475 e. The molecule has 1 heterocycles. The molecular formula is C20H33N. The zero-order valence-corrected chi connectivity index (χ0v) is 15.2. The molecule has 1 aromatic heterocycles. The molecule has 0 amide bonds. The summed E-state index contributed by atoms with van der Waals surface area (Å²) in [5.41, 5.74) is 5.72. The molecule has 118 valence electrons. The topological polar surface area (TPSA) is 12.9 Å². The van der Waals surface area contributed by atoms with Gasteiger partial charge in [-0.25, -0.2) is 0 Å². The molecule has 1 nitrogen and oxygen atoms in total. The van der Waals surface area contributed by atoms with E-state index in [0.717, 1.165) is 5.92 Å². The Morgan fingerprint density at radius 1 is 1.10 bits per heavy atom. The van der Waals surface area contributed by atoms with Crippen molar-refractivity contribution in [2.45, 2.75) is 79.6 Å². The van der Waals surface area contributed by atoms with Crippen LogP contribution in [-0.4, -0.2) is 4.98 Å². The van der Waals surface area contributed by atoms with Gasteiger partial charge in [0.15, 0.2) is 0 Å². The predicted octanol–water partition coefficient (Wildman–Crippen LogP) is 6.03. The third-order valence-electron chi connectivity index (χ3n) is 5.79. The fraction of sp³-hybridized carbons (Fsp3) is 0.750. The summed E-state index contributed by atoms with van der Waals surface area (Å²) in [7, 11) is 0. The quantitative estimate of drug-likeness (QED) is 0.605. The van der Waals surface area contributed by atoms with Crippen LogP contribution in [0.1, 0.15) is 95.2 Å². The SMILES string of the molecule is Cc1cc(C(C)C)c2c(n1)[C@@H](C)[C@@H](C)[C@@H](C)CC2C(C)C. The summed E-state index contributed by atoms with van der Waals surface area (Å²) in [6.45, 7) is 18.8. The molecule has 21 heavy (non-hydrogen) atoms. The van der Waals surface area contributed by atoms with Crippen molar-refractivity contribution in [2.24, 2.45) is 17.8 Å². The predicted molar refractivity (Wildman–Crippen MR) is 92.0 cm³/mol. The van der Waals surface area contributed by atoms with Crippen molar-refractivity contribution in [3.05, 3.63) is 28.6 Å². The zero-order valence-electron chi connectivity index (χ0n) is 15.2. The fourth-order valence-electron chi connectivity index (χ4n) is 4.04. The second-order valence-electron chi connectivity index (χ2n) is 8.02. The second kappa shape index (κ2) is 6.10. The average molecular weight is 287 g/mol. The molecule has 1 aromatic rings. The van der Waals surface area contributed by atoms with E-state index in [2.05, 4.69) is 61.5 Å². The number of aromatic nitrogens is 1. The maximum atomic E-state index is 5.02. The molecule has 1 aliphatic carbocycles. The summed E-state index contributed by atoms with van der Waals surface area (Å²) in [6, 6.07) is 2.34. The van der Waals surface area contributed by atoms with Crippen molar-refractivity contribution in [3.8, 4) is 0 Å². The highest BCUT2D eigenvalue weighted by Gasteiger charge is 2.35. The van der Waals surface area contributed by atoms with Crippen molar-refractivity contribution in [3.63, 3.8) is 0 Å². The number of hydrogen-bond donors (Lipinski definition) is 0. The molecule has 0 bridgehead atoms. The van der Waals surface area contributed by atoms with Crippen molar-refractivity contribution in [2.75, 3.05) is 0 Å². The molecule has 0 aliphatic heterocycles. The van der Waals surface area contributed by atoms with E-state index >= 15 is 0 Å². The summed E-state index contributed by atoms with van der Waals surface area (Å²) >= 11 is 0. The van der Waals surface area contributed by atoms with E-state index in [1.165, 1.54) is 17.8 Å². The van der Waals surface area contributed by atoms with Crippen LogP contribution in [0.5, 0.6) is 0 Å². The average Bonchev–Trinajstić information content (AvgIpc) is 2.49. The van der Waals surface area contributed by atoms with Gasteiger partial charge in [0.2, 0.25) is 0 Å². The molecular weight excluding hydrogens is 254 g/mol. The van der Waals surface area contributed by atoms with Crippen LogP contribution in [0.25, 0.3) is 0 Å². The summed E-state index contributed by atoms with van der Waals surface area (Å²) in [5, 5.41) is 0.